The van der Waals surface area contributed by atoms with Crippen LogP contribution in [0.5, 0.6) is 0 Å². The van der Waals surface area contributed by atoms with Gasteiger partial charge < -0.3 is 10.2 Å². The lowest BCUT2D eigenvalue weighted by Gasteiger charge is -2.18. The van der Waals surface area contributed by atoms with E-state index in [9.17, 15) is 0 Å². The van der Waals surface area contributed by atoms with Crippen LogP contribution in [0.2, 0.25) is 0 Å². The van der Waals surface area contributed by atoms with Gasteiger partial charge in [0.25, 0.3) is 0 Å². The molecule has 4 heteroatoms. The molecule has 1 aliphatic rings. The van der Waals surface area contributed by atoms with E-state index in [0.717, 1.165) is 25.7 Å². The zero-order valence-electron chi connectivity index (χ0n) is 12.7. The van der Waals surface area contributed by atoms with E-state index >= 15 is 0 Å². The Bertz CT molecular complexity index is 396. The molecule has 1 aliphatic carbocycles. The quantitative estimate of drug-likeness (QED) is 0.786. The maximum absolute atomic E-state index is 4.90. The number of aromatic nitrogens is 1. The highest BCUT2D eigenvalue weighted by Crippen LogP contribution is 2.31. The van der Waals surface area contributed by atoms with Crippen molar-refractivity contribution in [2.24, 2.45) is 0 Å². The highest BCUT2D eigenvalue weighted by atomic mass is 32.1. The van der Waals surface area contributed by atoms with Crippen molar-refractivity contribution < 1.29 is 0 Å². The first-order valence-electron chi connectivity index (χ1n) is 7.63. The first-order valence-corrected chi connectivity index (χ1v) is 8.45. The van der Waals surface area contributed by atoms with Crippen LogP contribution in [0, 0.1) is 0 Å². The van der Waals surface area contributed by atoms with E-state index in [-0.39, 0.29) is 0 Å². The third kappa shape index (κ3) is 3.93. The smallest absolute Gasteiger partial charge is 0.185 e. The molecule has 1 saturated carbocycles. The van der Waals surface area contributed by atoms with Gasteiger partial charge in [0.15, 0.2) is 5.13 Å². The Morgan fingerprint density at radius 1 is 1.37 bits per heavy atom. The minimum Gasteiger partial charge on any atom is -0.348 e. The third-order valence-corrected chi connectivity index (χ3v) is 4.67. The van der Waals surface area contributed by atoms with Crippen molar-refractivity contribution in [1.82, 2.24) is 10.3 Å². The van der Waals surface area contributed by atoms with E-state index in [0.29, 0.717) is 5.92 Å². The van der Waals surface area contributed by atoms with Crippen LogP contribution in [0.1, 0.15) is 63.4 Å². The van der Waals surface area contributed by atoms with E-state index in [4.69, 9.17) is 4.98 Å². The zero-order chi connectivity index (χ0) is 13.8. The maximum atomic E-state index is 4.90. The lowest BCUT2D eigenvalue weighted by molar-refractivity contribution is 0.680. The minimum absolute atomic E-state index is 0.515. The Hall–Kier alpha value is -0.610. The van der Waals surface area contributed by atoms with Crippen molar-refractivity contribution in [2.75, 3.05) is 18.0 Å². The predicted molar refractivity (Wildman–Crippen MR) is 84.2 cm³/mol. The van der Waals surface area contributed by atoms with Crippen LogP contribution in [0.4, 0.5) is 5.13 Å². The van der Waals surface area contributed by atoms with Gasteiger partial charge in [0.05, 0.1) is 5.69 Å². The molecule has 0 aromatic carbocycles. The highest BCUT2D eigenvalue weighted by Gasteiger charge is 2.23. The fourth-order valence-corrected chi connectivity index (χ4v) is 3.50. The number of anilines is 1. The van der Waals surface area contributed by atoms with E-state index in [1.165, 1.54) is 35.0 Å². The molecule has 2 rings (SSSR count). The number of hydrogen-bond acceptors (Lipinski definition) is 4. The Morgan fingerprint density at radius 2 is 2.11 bits per heavy atom. The van der Waals surface area contributed by atoms with Gasteiger partial charge in [-0.3, -0.25) is 0 Å². The molecule has 0 radical (unpaired) electrons. The van der Waals surface area contributed by atoms with Crippen molar-refractivity contribution in [2.45, 2.75) is 65.5 Å². The zero-order valence-corrected chi connectivity index (χ0v) is 13.5. The van der Waals surface area contributed by atoms with Crippen LogP contribution in [0.15, 0.2) is 0 Å². The molecule has 0 atom stereocenters. The van der Waals surface area contributed by atoms with Crippen molar-refractivity contribution in [1.29, 1.82) is 0 Å². The number of nitrogens with one attached hydrogen (secondary N) is 1. The summed E-state index contributed by atoms with van der Waals surface area (Å²) < 4.78 is 0. The van der Waals surface area contributed by atoms with Gasteiger partial charge in [-0.2, -0.15) is 0 Å². The number of rotatable bonds is 8. The van der Waals surface area contributed by atoms with Crippen LogP contribution in [0.3, 0.4) is 0 Å². The summed E-state index contributed by atoms with van der Waals surface area (Å²) in [5, 5.41) is 4.83. The number of nitrogens with zero attached hydrogens (tertiary/aromatic N) is 2. The van der Waals surface area contributed by atoms with Gasteiger partial charge in [0.2, 0.25) is 0 Å². The SMILES string of the molecule is CCCN(CC)c1nc(C(C)C)c(CNC2CC2)s1. The van der Waals surface area contributed by atoms with Crippen molar-refractivity contribution in [3.8, 4) is 0 Å². The van der Waals surface area contributed by atoms with Gasteiger partial charge in [0.1, 0.15) is 0 Å². The molecule has 1 fully saturated rings. The van der Waals surface area contributed by atoms with Crippen LogP contribution in [0.25, 0.3) is 0 Å². The summed E-state index contributed by atoms with van der Waals surface area (Å²) in [5.41, 5.74) is 1.29. The molecule has 1 aromatic heterocycles. The molecule has 1 heterocycles. The number of hydrogen-bond donors (Lipinski definition) is 1. The molecular weight excluding hydrogens is 254 g/mol. The molecule has 0 aliphatic heterocycles. The van der Waals surface area contributed by atoms with Crippen LogP contribution in [-0.2, 0) is 6.54 Å². The summed E-state index contributed by atoms with van der Waals surface area (Å²) >= 11 is 1.88. The average Bonchev–Trinajstić information content (AvgIpc) is 3.12. The molecule has 108 valence electrons. The molecule has 3 nitrogen and oxygen atoms in total. The standard InChI is InChI=1S/C15H27N3S/c1-5-9-18(6-2)15-17-14(11(3)4)13(19-15)10-16-12-7-8-12/h11-12,16H,5-10H2,1-4H3. The molecule has 19 heavy (non-hydrogen) atoms. The maximum Gasteiger partial charge on any atom is 0.185 e. The molecular formula is C15H27N3S. The third-order valence-electron chi connectivity index (χ3n) is 3.54. The van der Waals surface area contributed by atoms with E-state index in [1.54, 1.807) is 0 Å². The molecule has 1 aromatic rings. The minimum atomic E-state index is 0.515. The van der Waals surface area contributed by atoms with Gasteiger partial charge in [-0.15, -0.1) is 11.3 Å². The monoisotopic (exact) mass is 281 g/mol. The molecule has 0 bridgehead atoms. The van der Waals surface area contributed by atoms with Gasteiger partial charge >= 0.3 is 0 Å². The fourth-order valence-electron chi connectivity index (χ4n) is 2.25. The van der Waals surface area contributed by atoms with Gasteiger partial charge in [-0.1, -0.05) is 20.8 Å². The summed E-state index contributed by atoms with van der Waals surface area (Å²) in [6.07, 6.45) is 3.87. The average molecular weight is 281 g/mol. The molecule has 0 saturated heterocycles. The predicted octanol–water partition coefficient (Wildman–Crippen LogP) is 3.75. The van der Waals surface area contributed by atoms with Crippen LogP contribution < -0.4 is 10.2 Å². The van der Waals surface area contributed by atoms with Crippen LogP contribution >= 0.6 is 11.3 Å². The summed E-state index contributed by atoms with van der Waals surface area (Å²) in [7, 11) is 0. The molecule has 0 amide bonds. The molecule has 0 unspecified atom stereocenters. The number of thiazole rings is 1. The normalized spacial score (nSPS) is 15.2. The summed E-state index contributed by atoms with van der Waals surface area (Å²) in [6, 6.07) is 0.767. The second kappa shape index (κ2) is 6.71. The lowest BCUT2D eigenvalue weighted by Crippen LogP contribution is -2.23. The summed E-state index contributed by atoms with van der Waals surface area (Å²) in [5.74, 6) is 0.515. The van der Waals surface area contributed by atoms with Crippen molar-refractivity contribution in [3.63, 3.8) is 0 Å². The van der Waals surface area contributed by atoms with Gasteiger partial charge in [-0.25, -0.2) is 4.98 Å². The van der Waals surface area contributed by atoms with Gasteiger partial charge in [-0.05, 0) is 32.1 Å². The second-order valence-electron chi connectivity index (χ2n) is 5.69. The first kappa shape index (κ1) is 14.8. The second-order valence-corrected chi connectivity index (χ2v) is 6.76. The molecule has 0 spiro atoms. The Kier molecular flexibility index (Phi) is 5.22. The lowest BCUT2D eigenvalue weighted by atomic mass is 10.1. The van der Waals surface area contributed by atoms with E-state index < -0.39 is 0 Å². The van der Waals surface area contributed by atoms with Gasteiger partial charge in [0, 0.05) is 30.6 Å². The van der Waals surface area contributed by atoms with E-state index in [2.05, 4.69) is 37.9 Å². The Balaban J connectivity index is 2.12. The fraction of sp³-hybridized carbons (Fsp3) is 0.800. The highest BCUT2D eigenvalue weighted by molar-refractivity contribution is 7.15. The Morgan fingerprint density at radius 3 is 2.63 bits per heavy atom. The van der Waals surface area contributed by atoms with Crippen LogP contribution in [-0.4, -0.2) is 24.1 Å². The topological polar surface area (TPSA) is 28.2 Å². The van der Waals surface area contributed by atoms with Crippen molar-refractivity contribution >= 4 is 16.5 Å². The summed E-state index contributed by atoms with van der Waals surface area (Å²) in [6.45, 7) is 12.1. The first-order chi connectivity index (χ1) is 9.15. The summed E-state index contributed by atoms with van der Waals surface area (Å²) in [4.78, 5) is 8.74. The Labute approximate surface area is 121 Å². The molecule has 1 N–H and O–H groups in total. The van der Waals surface area contributed by atoms with E-state index in [1.807, 2.05) is 11.3 Å². The van der Waals surface area contributed by atoms with Crippen molar-refractivity contribution in [3.05, 3.63) is 10.6 Å². The largest absolute Gasteiger partial charge is 0.348 e.